The minimum absolute atomic E-state index is 0.0531. The molecule has 0 saturated heterocycles. The largest absolute Gasteiger partial charge is 0.508 e. The molecule has 11 nitrogen and oxygen atoms in total. The fourth-order valence-corrected chi connectivity index (χ4v) is 5.14. The Bertz CT molecular complexity index is 1580. The van der Waals surface area contributed by atoms with E-state index >= 15 is 0 Å². The zero-order chi connectivity index (χ0) is 29.4. The van der Waals surface area contributed by atoms with Crippen molar-refractivity contribution in [2.75, 3.05) is 6.61 Å². The van der Waals surface area contributed by atoms with Crippen LogP contribution in [0.5, 0.6) is 57.5 Å². The van der Waals surface area contributed by atoms with Crippen LogP contribution >= 0.6 is 0 Å². The van der Waals surface area contributed by atoms with Crippen molar-refractivity contribution >= 4 is 0 Å². The second-order valence-electron chi connectivity index (χ2n) is 9.71. The van der Waals surface area contributed by atoms with Gasteiger partial charge in [-0.2, -0.15) is 0 Å². The summed E-state index contributed by atoms with van der Waals surface area (Å²) in [5.74, 6) is -2.85. The molecule has 11 heteroatoms. The summed E-state index contributed by atoms with van der Waals surface area (Å²) >= 11 is 0. The van der Waals surface area contributed by atoms with Crippen LogP contribution in [0.2, 0.25) is 0 Å². The van der Waals surface area contributed by atoms with Crippen LogP contribution in [0.3, 0.4) is 0 Å². The summed E-state index contributed by atoms with van der Waals surface area (Å²) in [7, 11) is 0. The number of hydrogen-bond donors (Lipinski definition) is 9. The summed E-state index contributed by atoms with van der Waals surface area (Å²) in [4.78, 5) is 0. The van der Waals surface area contributed by atoms with Crippen LogP contribution in [0.4, 0.5) is 0 Å². The van der Waals surface area contributed by atoms with E-state index in [4.69, 9.17) is 19.7 Å². The van der Waals surface area contributed by atoms with Gasteiger partial charge in [0.15, 0.2) is 29.1 Å². The maximum Gasteiger partial charge on any atom is 0.157 e. The van der Waals surface area contributed by atoms with Crippen molar-refractivity contribution in [2.24, 2.45) is 0 Å². The summed E-state index contributed by atoms with van der Waals surface area (Å²) in [6, 6.07) is 13.6. The molecule has 2 heterocycles. The number of rotatable bonds is 2. The van der Waals surface area contributed by atoms with E-state index in [2.05, 4.69) is 0 Å². The minimum atomic E-state index is -1.40. The first-order chi connectivity index (χ1) is 19.6. The molecule has 0 spiro atoms. The van der Waals surface area contributed by atoms with E-state index in [0.29, 0.717) is 30.6 Å². The Morgan fingerprint density at radius 2 is 1.29 bits per heavy atom. The van der Waals surface area contributed by atoms with Crippen molar-refractivity contribution < 1.29 is 55.4 Å². The van der Waals surface area contributed by atoms with E-state index in [-0.39, 0.29) is 62.9 Å². The van der Waals surface area contributed by atoms with Gasteiger partial charge in [-0.3, -0.25) is 0 Å². The van der Waals surface area contributed by atoms with Crippen molar-refractivity contribution in [3.63, 3.8) is 0 Å². The Morgan fingerprint density at radius 3 is 1.95 bits per heavy atom. The first-order valence-electron chi connectivity index (χ1n) is 12.7. The van der Waals surface area contributed by atoms with Crippen LogP contribution in [0.15, 0.2) is 60.7 Å². The topological polar surface area (TPSA) is 201 Å². The number of ether oxygens (including phenoxy) is 2. The number of fused-ring (bicyclic) bond motifs is 2. The van der Waals surface area contributed by atoms with Gasteiger partial charge in [0.05, 0.1) is 12.5 Å². The normalized spacial score (nSPS) is 19.0. The molecule has 0 radical (unpaired) electrons. The van der Waals surface area contributed by atoms with Crippen molar-refractivity contribution in [1.29, 1.82) is 0 Å². The summed E-state index contributed by atoms with van der Waals surface area (Å²) in [6.07, 6.45) is -1.35. The lowest BCUT2D eigenvalue weighted by molar-refractivity contribution is 0.00621. The molecule has 6 rings (SSSR count). The third-order valence-corrected chi connectivity index (χ3v) is 7.04. The van der Waals surface area contributed by atoms with Crippen molar-refractivity contribution in [1.82, 2.24) is 0 Å². The molecule has 214 valence electrons. The monoisotopic (exact) mass is 564 g/mol. The maximum atomic E-state index is 11.5. The first-order valence-corrected chi connectivity index (χ1v) is 12.7. The number of para-hydroxylation sites is 2. The van der Waals surface area contributed by atoms with Crippen molar-refractivity contribution in [2.45, 2.75) is 31.0 Å². The molecule has 0 aliphatic carbocycles. The molecule has 41 heavy (non-hydrogen) atoms. The molecule has 0 bridgehead atoms. The quantitative estimate of drug-likeness (QED) is 0.160. The third kappa shape index (κ3) is 5.10. The highest BCUT2D eigenvalue weighted by atomic mass is 16.5. The molecule has 9 N–H and O–H groups in total. The molecule has 2 aliphatic rings. The minimum Gasteiger partial charge on any atom is -0.508 e. The van der Waals surface area contributed by atoms with Gasteiger partial charge in [0.2, 0.25) is 0 Å². The van der Waals surface area contributed by atoms with Gasteiger partial charge in [-0.05, 0) is 42.7 Å². The Balaban J connectivity index is 0.000000365. The molecule has 3 unspecified atom stereocenters. The molecule has 0 amide bonds. The molecular weight excluding hydrogens is 536 g/mol. The van der Waals surface area contributed by atoms with Crippen molar-refractivity contribution in [3.05, 3.63) is 82.9 Å². The molecule has 4 aromatic rings. The number of phenolic OH excluding ortho intramolecular Hbond substituents is 8. The fourth-order valence-electron chi connectivity index (χ4n) is 5.14. The summed E-state index contributed by atoms with van der Waals surface area (Å²) in [5, 5.41) is 90.3. The van der Waals surface area contributed by atoms with E-state index < -0.39 is 23.9 Å². The van der Waals surface area contributed by atoms with Gasteiger partial charge in [-0.1, -0.05) is 18.2 Å². The van der Waals surface area contributed by atoms with E-state index in [1.165, 1.54) is 42.5 Å². The van der Waals surface area contributed by atoms with E-state index in [1.807, 2.05) is 0 Å². The molecule has 4 aromatic carbocycles. The van der Waals surface area contributed by atoms with Gasteiger partial charge in [-0.25, -0.2) is 0 Å². The van der Waals surface area contributed by atoms with Crippen LogP contribution in [0, 0.1) is 0 Å². The number of hydrogen-bond acceptors (Lipinski definition) is 11. The average Bonchev–Trinajstić information content (AvgIpc) is 2.93. The molecular formula is C30H28O11. The van der Waals surface area contributed by atoms with Gasteiger partial charge in [-0.15, -0.1) is 0 Å². The smallest absolute Gasteiger partial charge is 0.157 e. The predicted octanol–water partition coefficient (Wildman–Crippen LogP) is 3.97. The van der Waals surface area contributed by atoms with Crippen LogP contribution in [0.25, 0.3) is 0 Å². The lowest BCUT2D eigenvalue weighted by Gasteiger charge is -2.39. The van der Waals surface area contributed by atoms with Crippen LogP contribution in [-0.2, 0) is 6.42 Å². The van der Waals surface area contributed by atoms with Gasteiger partial charge in [0, 0.05) is 34.9 Å². The second-order valence-corrected chi connectivity index (χ2v) is 9.71. The van der Waals surface area contributed by atoms with Gasteiger partial charge < -0.3 is 55.4 Å². The Hall–Kier alpha value is -5.16. The van der Waals surface area contributed by atoms with Gasteiger partial charge in [0.25, 0.3) is 0 Å². The Kier molecular flexibility index (Phi) is 7.21. The number of aromatic hydroxyl groups is 8. The molecule has 0 saturated carbocycles. The van der Waals surface area contributed by atoms with Crippen LogP contribution in [0.1, 0.15) is 40.7 Å². The number of benzene rings is 4. The maximum absolute atomic E-state index is 11.5. The SMILES string of the molecule is Oc1cc(O)c2c(c1)OC(c1ccc(O)c(O)c1)C(O)C2c1c(O)cc(O)c2c1OCCC2.Oc1ccccc1O. The van der Waals surface area contributed by atoms with Gasteiger partial charge in [0.1, 0.15) is 40.6 Å². The van der Waals surface area contributed by atoms with E-state index in [0.717, 1.165) is 6.07 Å². The lowest BCUT2D eigenvalue weighted by atomic mass is 9.78. The standard InChI is InChI=1S/C24H22O9.C6H6O2/c25-11-7-16(29)19-18(8-11)33-23(10-3-4-13(26)15(28)6-10)22(31)21(19)20-17(30)9-14(27)12-2-1-5-32-24(12)20;7-5-3-1-2-4-6(5)8/h3-4,6-9,21-23,25-31H,1-2,5H2;1-4,7-8H. The molecule has 0 aromatic heterocycles. The summed E-state index contributed by atoms with van der Waals surface area (Å²) < 4.78 is 11.7. The van der Waals surface area contributed by atoms with E-state index in [9.17, 15) is 35.7 Å². The first kappa shape index (κ1) is 27.4. The summed E-state index contributed by atoms with van der Waals surface area (Å²) in [5.41, 5.74) is 1.07. The summed E-state index contributed by atoms with van der Waals surface area (Å²) in [6.45, 7) is 0.339. The Labute approximate surface area is 233 Å². The molecule has 0 fully saturated rings. The third-order valence-electron chi connectivity index (χ3n) is 7.04. The van der Waals surface area contributed by atoms with Crippen LogP contribution < -0.4 is 9.47 Å². The van der Waals surface area contributed by atoms with E-state index in [1.54, 1.807) is 12.1 Å². The molecule has 3 atom stereocenters. The van der Waals surface area contributed by atoms with Crippen LogP contribution in [-0.4, -0.2) is 58.7 Å². The highest BCUT2D eigenvalue weighted by Gasteiger charge is 2.44. The lowest BCUT2D eigenvalue weighted by Crippen LogP contribution is -2.35. The highest BCUT2D eigenvalue weighted by molar-refractivity contribution is 5.65. The fraction of sp³-hybridized carbons (Fsp3) is 0.200. The Morgan fingerprint density at radius 1 is 0.634 bits per heavy atom. The molecule has 2 aliphatic heterocycles. The predicted molar refractivity (Wildman–Crippen MR) is 144 cm³/mol. The van der Waals surface area contributed by atoms with Gasteiger partial charge >= 0.3 is 0 Å². The number of phenols is 8. The zero-order valence-electron chi connectivity index (χ0n) is 21.5. The highest BCUT2D eigenvalue weighted by Crippen LogP contribution is 2.56. The zero-order valence-corrected chi connectivity index (χ0v) is 21.5. The average molecular weight is 565 g/mol. The second kappa shape index (κ2) is 10.8. The number of aliphatic hydroxyl groups excluding tert-OH is 1. The van der Waals surface area contributed by atoms with Crippen molar-refractivity contribution in [3.8, 4) is 57.5 Å². The number of aliphatic hydroxyl groups is 1.